The van der Waals surface area contributed by atoms with Gasteiger partial charge in [0.15, 0.2) is 0 Å². The Balaban J connectivity index is 1.99. The van der Waals surface area contributed by atoms with Gasteiger partial charge in [-0.15, -0.1) is 11.3 Å². The quantitative estimate of drug-likeness (QED) is 0.785. The maximum atomic E-state index is 12.9. The van der Waals surface area contributed by atoms with Crippen LogP contribution in [0.2, 0.25) is 0 Å². The molecular formula is C14H11FN4S. The number of nitrogens with zero attached hydrogens (tertiary/aromatic N) is 3. The zero-order chi connectivity index (χ0) is 14.1. The fourth-order valence-electron chi connectivity index (χ4n) is 1.80. The largest absolute Gasteiger partial charge is 0.383 e. The lowest BCUT2D eigenvalue weighted by atomic mass is 10.2. The monoisotopic (exact) mass is 286 g/mol. The third kappa shape index (κ3) is 2.37. The molecule has 4 nitrogen and oxygen atoms in total. The van der Waals surface area contributed by atoms with E-state index in [0.717, 1.165) is 16.3 Å². The Morgan fingerprint density at radius 2 is 1.90 bits per heavy atom. The van der Waals surface area contributed by atoms with E-state index in [-0.39, 0.29) is 5.82 Å². The molecule has 6 heteroatoms. The van der Waals surface area contributed by atoms with Crippen LogP contribution in [-0.4, -0.2) is 15.0 Å². The molecule has 2 heterocycles. The van der Waals surface area contributed by atoms with Gasteiger partial charge in [0.25, 0.3) is 0 Å². The Morgan fingerprint density at radius 1 is 1.15 bits per heavy atom. The molecule has 0 bridgehead atoms. The van der Waals surface area contributed by atoms with Crippen LogP contribution in [0, 0.1) is 12.7 Å². The van der Waals surface area contributed by atoms with Crippen molar-refractivity contribution in [2.24, 2.45) is 0 Å². The summed E-state index contributed by atoms with van der Waals surface area (Å²) >= 11 is 1.46. The van der Waals surface area contributed by atoms with Crippen LogP contribution in [0.4, 0.5) is 10.2 Å². The first kappa shape index (κ1) is 12.7. The second-order valence-corrected chi connectivity index (χ2v) is 5.12. The van der Waals surface area contributed by atoms with Gasteiger partial charge in [-0.25, -0.2) is 19.3 Å². The van der Waals surface area contributed by atoms with Crippen molar-refractivity contribution < 1.29 is 4.39 Å². The van der Waals surface area contributed by atoms with Gasteiger partial charge >= 0.3 is 0 Å². The van der Waals surface area contributed by atoms with E-state index < -0.39 is 0 Å². The lowest BCUT2D eigenvalue weighted by molar-refractivity contribution is 0.628. The Hall–Kier alpha value is -2.34. The minimum atomic E-state index is -0.264. The first-order valence-electron chi connectivity index (χ1n) is 5.94. The standard InChI is InChI=1S/C14H11FN4S/c1-8-17-6-11(13(16)18-8)14-19-12(7-20-14)9-2-4-10(15)5-3-9/h2-7H,1H3,(H2,16,17,18). The van der Waals surface area contributed by atoms with Gasteiger partial charge in [0.1, 0.15) is 22.5 Å². The maximum absolute atomic E-state index is 12.9. The van der Waals surface area contributed by atoms with E-state index in [1.54, 1.807) is 25.3 Å². The molecule has 0 saturated heterocycles. The number of benzene rings is 1. The zero-order valence-corrected chi connectivity index (χ0v) is 11.5. The first-order chi connectivity index (χ1) is 9.63. The van der Waals surface area contributed by atoms with Gasteiger partial charge in [-0.2, -0.15) is 0 Å². The number of nitrogen functional groups attached to an aromatic ring is 1. The van der Waals surface area contributed by atoms with Crippen molar-refractivity contribution in [1.29, 1.82) is 0 Å². The highest BCUT2D eigenvalue weighted by atomic mass is 32.1. The number of rotatable bonds is 2. The van der Waals surface area contributed by atoms with Crippen LogP contribution in [0.15, 0.2) is 35.8 Å². The number of anilines is 1. The normalized spacial score (nSPS) is 10.7. The topological polar surface area (TPSA) is 64.7 Å². The van der Waals surface area contributed by atoms with E-state index >= 15 is 0 Å². The molecule has 0 saturated carbocycles. The molecule has 0 aliphatic carbocycles. The Morgan fingerprint density at radius 3 is 2.60 bits per heavy atom. The molecule has 100 valence electrons. The molecule has 2 N–H and O–H groups in total. The molecule has 20 heavy (non-hydrogen) atoms. The summed E-state index contributed by atoms with van der Waals surface area (Å²) < 4.78 is 12.9. The predicted molar refractivity (Wildman–Crippen MR) is 77.7 cm³/mol. The third-order valence-electron chi connectivity index (χ3n) is 2.81. The summed E-state index contributed by atoms with van der Waals surface area (Å²) in [4.78, 5) is 12.8. The Kier molecular flexibility index (Phi) is 3.15. The van der Waals surface area contributed by atoms with Crippen LogP contribution >= 0.6 is 11.3 Å². The molecule has 0 radical (unpaired) electrons. The predicted octanol–water partition coefficient (Wildman–Crippen LogP) is 3.30. The van der Waals surface area contributed by atoms with Gasteiger partial charge < -0.3 is 5.73 Å². The minimum absolute atomic E-state index is 0.264. The van der Waals surface area contributed by atoms with Crippen LogP contribution in [0.5, 0.6) is 0 Å². The Bertz CT molecular complexity index is 752. The van der Waals surface area contributed by atoms with Crippen molar-refractivity contribution >= 4 is 17.2 Å². The molecule has 0 aliphatic rings. The molecule has 1 aromatic carbocycles. The molecular weight excluding hydrogens is 275 g/mol. The highest BCUT2D eigenvalue weighted by Crippen LogP contribution is 2.30. The van der Waals surface area contributed by atoms with Gasteiger partial charge in [-0.3, -0.25) is 0 Å². The van der Waals surface area contributed by atoms with E-state index in [4.69, 9.17) is 5.73 Å². The van der Waals surface area contributed by atoms with Crippen molar-refractivity contribution in [2.75, 3.05) is 5.73 Å². The van der Waals surface area contributed by atoms with Crippen molar-refractivity contribution in [1.82, 2.24) is 15.0 Å². The van der Waals surface area contributed by atoms with E-state index in [1.165, 1.54) is 23.5 Å². The smallest absolute Gasteiger partial charge is 0.137 e. The molecule has 0 fully saturated rings. The van der Waals surface area contributed by atoms with Crippen LogP contribution in [0.1, 0.15) is 5.82 Å². The van der Waals surface area contributed by atoms with E-state index in [0.29, 0.717) is 17.2 Å². The molecule has 0 aliphatic heterocycles. The molecule has 0 amide bonds. The van der Waals surface area contributed by atoms with Gasteiger partial charge in [-0.1, -0.05) is 0 Å². The number of thiazole rings is 1. The molecule has 3 aromatic rings. The van der Waals surface area contributed by atoms with Crippen LogP contribution in [0.25, 0.3) is 21.8 Å². The molecule has 2 aromatic heterocycles. The van der Waals surface area contributed by atoms with E-state index in [9.17, 15) is 4.39 Å². The van der Waals surface area contributed by atoms with Gasteiger partial charge in [0, 0.05) is 17.1 Å². The average Bonchev–Trinajstić information content (AvgIpc) is 2.89. The number of nitrogens with two attached hydrogens (primary N) is 1. The lowest BCUT2D eigenvalue weighted by Gasteiger charge is -2.01. The zero-order valence-electron chi connectivity index (χ0n) is 10.7. The highest BCUT2D eigenvalue weighted by Gasteiger charge is 2.11. The van der Waals surface area contributed by atoms with Gasteiger partial charge in [0.2, 0.25) is 0 Å². The average molecular weight is 286 g/mol. The number of hydrogen-bond acceptors (Lipinski definition) is 5. The van der Waals surface area contributed by atoms with Gasteiger partial charge in [-0.05, 0) is 31.2 Å². The molecule has 3 rings (SSSR count). The van der Waals surface area contributed by atoms with Crippen molar-refractivity contribution in [3.63, 3.8) is 0 Å². The fraction of sp³-hybridized carbons (Fsp3) is 0.0714. The summed E-state index contributed by atoms with van der Waals surface area (Å²) in [5.41, 5.74) is 8.25. The molecule has 0 spiro atoms. The second kappa shape index (κ2) is 4.97. The van der Waals surface area contributed by atoms with E-state index in [1.807, 2.05) is 5.38 Å². The molecule has 0 unspecified atom stereocenters. The van der Waals surface area contributed by atoms with Crippen LogP contribution in [0.3, 0.4) is 0 Å². The minimum Gasteiger partial charge on any atom is -0.383 e. The summed E-state index contributed by atoms with van der Waals surface area (Å²) in [6.45, 7) is 1.78. The summed E-state index contributed by atoms with van der Waals surface area (Å²) in [5, 5.41) is 2.66. The lowest BCUT2D eigenvalue weighted by Crippen LogP contribution is -1.98. The summed E-state index contributed by atoms with van der Waals surface area (Å²) in [7, 11) is 0. The third-order valence-corrected chi connectivity index (χ3v) is 3.69. The summed E-state index contributed by atoms with van der Waals surface area (Å²) in [5.74, 6) is 0.777. The van der Waals surface area contributed by atoms with Crippen molar-refractivity contribution in [3.8, 4) is 21.8 Å². The van der Waals surface area contributed by atoms with E-state index in [2.05, 4.69) is 15.0 Å². The number of aromatic nitrogens is 3. The second-order valence-electron chi connectivity index (χ2n) is 4.26. The SMILES string of the molecule is Cc1ncc(-c2nc(-c3ccc(F)cc3)cs2)c(N)n1. The number of aryl methyl sites for hydroxylation is 1. The maximum Gasteiger partial charge on any atom is 0.137 e. The van der Waals surface area contributed by atoms with Crippen molar-refractivity contribution in [2.45, 2.75) is 6.92 Å². The molecule has 0 atom stereocenters. The Labute approximate surface area is 119 Å². The van der Waals surface area contributed by atoms with Gasteiger partial charge in [0.05, 0.1) is 11.3 Å². The first-order valence-corrected chi connectivity index (χ1v) is 6.82. The number of hydrogen-bond donors (Lipinski definition) is 1. The summed E-state index contributed by atoms with van der Waals surface area (Å²) in [6, 6.07) is 6.22. The highest BCUT2D eigenvalue weighted by molar-refractivity contribution is 7.13. The number of halogens is 1. The van der Waals surface area contributed by atoms with Crippen LogP contribution in [-0.2, 0) is 0 Å². The van der Waals surface area contributed by atoms with Crippen molar-refractivity contribution in [3.05, 3.63) is 47.5 Å². The summed E-state index contributed by atoms with van der Waals surface area (Å²) in [6.07, 6.45) is 1.67. The fourth-order valence-corrected chi connectivity index (χ4v) is 2.65. The van der Waals surface area contributed by atoms with Crippen LogP contribution < -0.4 is 5.73 Å².